The van der Waals surface area contributed by atoms with Gasteiger partial charge in [-0.1, -0.05) is 11.8 Å². The SMILES string of the molecule is [2H]C([2H])([2H])Oc1ccnc(CSc2nc3ccc(OC(F)F)cc3[nH]2)c1OC([2H])([2H])[2H]. The second-order valence-electron chi connectivity index (χ2n) is 4.68. The zero-order chi connectivity index (χ0) is 22.8. The van der Waals surface area contributed by atoms with Crippen LogP contribution in [0.25, 0.3) is 11.0 Å². The number of imidazole rings is 1. The fourth-order valence-electron chi connectivity index (χ4n) is 2.11. The van der Waals surface area contributed by atoms with Crippen molar-refractivity contribution in [1.82, 2.24) is 15.0 Å². The summed E-state index contributed by atoms with van der Waals surface area (Å²) in [6.07, 6.45) is 1.26. The fraction of sp³-hybridized carbons (Fsp3) is 0.250. The van der Waals surface area contributed by atoms with Gasteiger partial charge in [0.1, 0.15) is 5.75 Å². The van der Waals surface area contributed by atoms with E-state index in [1.165, 1.54) is 30.5 Å². The number of halogens is 2. The van der Waals surface area contributed by atoms with Gasteiger partial charge in [0.2, 0.25) is 0 Å². The summed E-state index contributed by atoms with van der Waals surface area (Å²) in [4.78, 5) is 11.3. The van der Waals surface area contributed by atoms with E-state index in [1.54, 1.807) is 0 Å². The van der Waals surface area contributed by atoms with Crippen molar-refractivity contribution in [3.05, 3.63) is 36.2 Å². The highest BCUT2D eigenvalue weighted by molar-refractivity contribution is 7.98. The number of hydrogen-bond donors (Lipinski definition) is 1. The molecule has 132 valence electrons. The van der Waals surface area contributed by atoms with Crippen LogP contribution >= 0.6 is 11.8 Å². The van der Waals surface area contributed by atoms with Gasteiger partial charge in [-0.2, -0.15) is 8.78 Å². The van der Waals surface area contributed by atoms with Crippen molar-refractivity contribution in [3.63, 3.8) is 0 Å². The first-order valence-corrected chi connectivity index (χ1v) is 7.81. The number of rotatable bonds is 7. The lowest BCUT2D eigenvalue weighted by atomic mass is 10.3. The molecule has 2 heterocycles. The molecule has 0 amide bonds. The summed E-state index contributed by atoms with van der Waals surface area (Å²) in [5.74, 6) is -0.605. The normalized spacial score (nSPS) is 15.6. The fourth-order valence-corrected chi connectivity index (χ4v) is 2.93. The van der Waals surface area contributed by atoms with Crippen LogP contribution < -0.4 is 14.2 Å². The first-order valence-electron chi connectivity index (χ1n) is 9.83. The molecule has 6 nitrogen and oxygen atoms in total. The average molecular weight is 373 g/mol. The van der Waals surface area contributed by atoms with Gasteiger partial charge in [-0.15, -0.1) is 0 Å². The maximum Gasteiger partial charge on any atom is 0.387 e. The smallest absolute Gasteiger partial charge is 0.387 e. The molecule has 1 N–H and O–H groups in total. The zero-order valence-corrected chi connectivity index (χ0v) is 13.3. The van der Waals surface area contributed by atoms with Gasteiger partial charge in [0, 0.05) is 24.1 Å². The Morgan fingerprint density at radius 3 is 2.96 bits per heavy atom. The zero-order valence-electron chi connectivity index (χ0n) is 18.5. The quantitative estimate of drug-likeness (QED) is 0.634. The lowest BCUT2D eigenvalue weighted by molar-refractivity contribution is -0.0497. The van der Waals surface area contributed by atoms with E-state index in [9.17, 15) is 8.78 Å². The van der Waals surface area contributed by atoms with Crippen LogP contribution in [0.3, 0.4) is 0 Å². The van der Waals surface area contributed by atoms with Gasteiger partial charge < -0.3 is 19.2 Å². The van der Waals surface area contributed by atoms with Gasteiger partial charge in [0.05, 0.1) is 39.0 Å². The molecule has 2 aromatic heterocycles. The molecule has 0 spiro atoms. The molecule has 25 heavy (non-hydrogen) atoms. The molecule has 0 aliphatic rings. The van der Waals surface area contributed by atoms with E-state index in [1.807, 2.05) is 0 Å². The molecule has 3 aromatic rings. The van der Waals surface area contributed by atoms with Crippen molar-refractivity contribution in [1.29, 1.82) is 0 Å². The largest absolute Gasteiger partial charge is 0.493 e. The van der Waals surface area contributed by atoms with Crippen LogP contribution in [-0.4, -0.2) is 35.6 Å². The minimum absolute atomic E-state index is 0.0350. The lowest BCUT2D eigenvalue weighted by Crippen LogP contribution is -2.01. The van der Waals surface area contributed by atoms with Gasteiger partial charge >= 0.3 is 6.61 Å². The van der Waals surface area contributed by atoms with Gasteiger partial charge in [-0.25, -0.2) is 4.98 Å². The summed E-state index contributed by atoms with van der Waals surface area (Å²) >= 11 is 1.11. The maximum absolute atomic E-state index is 12.4. The van der Waals surface area contributed by atoms with E-state index >= 15 is 0 Å². The predicted molar refractivity (Wildman–Crippen MR) is 89.6 cm³/mol. The second-order valence-corrected chi connectivity index (χ2v) is 5.64. The van der Waals surface area contributed by atoms with Gasteiger partial charge in [-0.3, -0.25) is 4.98 Å². The number of benzene rings is 1. The third-order valence-electron chi connectivity index (χ3n) is 3.16. The number of nitrogens with one attached hydrogen (secondary N) is 1. The molecule has 0 atom stereocenters. The van der Waals surface area contributed by atoms with Crippen LogP contribution in [-0.2, 0) is 5.75 Å². The summed E-state index contributed by atoms with van der Waals surface area (Å²) in [5.41, 5.74) is 1.06. The van der Waals surface area contributed by atoms with Crippen LogP contribution in [0.5, 0.6) is 17.2 Å². The third kappa shape index (κ3) is 3.93. The van der Waals surface area contributed by atoms with E-state index in [0.29, 0.717) is 16.2 Å². The van der Waals surface area contributed by atoms with Gasteiger partial charge in [0.25, 0.3) is 0 Å². The number of aromatic amines is 1. The van der Waals surface area contributed by atoms with Crippen molar-refractivity contribution in [2.75, 3.05) is 14.1 Å². The molecule has 3 rings (SSSR count). The number of methoxy groups -OCH3 is 2. The number of aromatic nitrogens is 3. The van der Waals surface area contributed by atoms with Crippen molar-refractivity contribution < 1.29 is 31.2 Å². The van der Waals surface area contributed by atoms with Crippen LogP contribution in [0.15, 0.2) is 35.6 Å². The Kier molecular flexibility index (Phi) is 3.37. The van der Waals surface area contributed by atoms with Crippen LogP contribution in [0, 0.1) is 0 Å². The molecular formula is C16H15F2N3O3S. The molecule has 0 saturated carbocycles. The Balaban J connectivity index is 1.84. The Bertz CT molecular complexity index is 1060. The van der Waals surface area contributed by atoms with Crippen molar-refractivity contribution >= 4 is 22.8 Å². The van der Waals surface area contributed by atoms with E-state index < -0.39 is 20.7 Å². The standard InChI is InChI=1S/C16H15F2N3O3S/c1-22-13-5-6-19-12(14(13)23-2)8-25-16-20-10-4-3-9(24-15(17)18)7-11(10)21-16/h3-7,15H,8H2,1-2H3,(H,20,21)/i1D3,2D3. The summed E-state index contributed by atoms with van der Waals surface area (Å²) < 4.78 is 82.6. The van der Waals surface area contributed by atoms with Gasteiger partial charge in [-0.05, 0) is 12.1 Å². The van der Waals surface area contributed by atoms with E-state index in [4.69, 9.17) is 17.7 Å². The second kappa shape index (κ2) is 7.56. The summed E-state index contributed by atoms with van der Waals surface area (Å²) in [6, 6.07) is 5.40. The minimum Gasteiger partial charge on any atom is -0.493 e. The average Bonchev–Trinajstić information content (AvgIpc) is 3.01. The van der Waals surface area contributed by atoms with E-state index in [0.717, 1.165) is 11.8 Å². The highest BCUT2D eigenvalue weighted by Gasteiger charge is 2.13. The van der Waals surface area contributed by atoms with Crippen molar-refractivity contribution in [2.24, 2.45) is 0 Å². The minimum atomic E-state index is -2.96. The van der Waals surface area contributed by atoms with E-state index in [-0.39, 0.29) is 28.7 Å². The topological polar surface area (TPSA) is 69.3 Å². The molecule has 1 aromatic carbocycles. The molecule has 0 aliphatic heterocycles. The Morgan fingerprint density at radius 1 is 1.28 bits per heavy atom. The predicted octanol–water partition coefficient (Wildman–Crippen LogP) is 3.87. The summed E-state index contributed by atoms with van der Waals surface area (Å²) in [6.45, 7) is -2.96. The van der Waals surface area contributed by atoms with E-state index in [2.05, 4.69) is 19.7 Å². The lowest BCUT2D eigenvalue weighted by Gasteiger charge is -2.10. The van der Waals surface area contributed by atoms with Gasteiger partial charge in [0.15, 0.2) is 16.7 Å². The molecular weight excluding hydrogens is 352 g/mol. The number of pyridine rings is 1. The Labute approximate surface area is 155 Å². The van der Waals surface area contributed by atoms with Crippen LogP contribution in [0.1, 0.15) is 13.9 Å². The summed E-state index contributed by atoms with van der Waals surface area (Å²) in [7, 11) is -5.69. The number of nitrogens with zero attached hydrogens (tertiary/aromatic N) is 2. The number of thioether (sulfide) groups is 1. The molecule has 0 bridgehead atoms. The highest BCUT2D eigenvalue weighted by atomic mass is 32.2. The van der Waals surface area contributed by atoms with Crippen molar-refractivity contribution in [2.45, 2.75) is 17.5 Å². The first kappa shape index (κ1) is 11.1. The molecule has 0 unspecified atom stereocenters. The molecule has 0 aliphatic carbocycles. The van der Waals surface area contributed by atoms with Crippen LogP contribution in [0.4, 0.5) is 8.78 Å². The highest BCUT2D eigenvalue weighted by Crippen LogP contribution is 2.33. The number of H-pyrrole nitrogens is 1. The molecule has 0 fully saturated rings. The van der Waals surface area contributed by atoms with Crippen LogP contribution in [0.2, 0.25) is 0 Å². The number of hydrogen-bond acceptors (Lipinski definition) is 6. The monoisotopic (exact) mass is 373 g/mol. The number of fused-ring (bicyclic) bond motifs is 1. The van der Waals surface area contributed by atoms with Crippen molar-refractivity contribution in [3.8, 4) is 17.2 Å². The third-order valence-corrected chi connectivity index (χ3v) is 4.04. The molecule has 0 radical (unpaired) electrons. The summed E-state index contributed by atoms with van der Waals surface area (Å²) in [5, 5.41) is 0.382. The molecule has 9 heteroatoms. The molecule has 0 saturated heterocycles. The first-order chi connectivity index (χ1) is 14.4. The Morgan fingerprint density at radius 2 is 2.16 bits per heavy atom. The Hall–Kier alpha value is -2.55. The number of alkyl halides is 2. The maximum atomic E-state index is 12.4. The number of ether oxygens (including phenoxy) is 3.